The number of ether oxygens (including phenoxy) is 7. The molecule has 1 spiro atoms. The van der Waals surface area contributed by atoms with Gasteiger partial charge in [0, 0.05) is 5.41 Å². The van der Waals surface area contributed by atoms with Crippen molar-refractivity contribution in [2.24, 2.45) is 0 Å². The highest BCUT2D eigenvalue weighted by Gasteiger charge is 2.57. The van der Waals surface area contributed by atoms with E-state index in [2.05, 4.69) is 27.7 Å². The Kier molecular flexibility index (Phi) is 8.16. The number of hydrogen-bond acceptors (Lipinski definition) is 10. The fourth-order valence-electron chi connectivity index (χ4n) is 6.43. The second-order valence-electron chi connectivity index (χ2n) is 11.5. The minimum Gasteiger partial charge on any atom is -0.493 e. The number of benzene rings is 2. The van der Waals surface area contributed by atoms with Gasteiger partial charge in [-0.05, 0) is 91.0 Å². The molecule has 0 fully saturated rings. The maximum atomic E-state index is 12.4. The molecule has 0 bridgehead atoms. The molecule has 10 nitrogen and oxygen atoms in total. The van der Waals surface area contributed by atoms with Gasteiger partial charge < -0.3 is 33.2 Å². The van der Waals surface area contributed by atoms with E-state index in [1.807, 2.05) is 12.1 Å². The van der Waals surface area contributed by atoms with Crippen LogP contribution in [0.2, 0.25) is 0 Å². The predicted molar refractivity (Wildman–Crippen MR) is 148 cm³/mol. The van der Waals surface area contributed by atoms with Crippen molar-refractivity contribution < 1.29 is 47.5 Å². The van der Waals surface area contributed by atoms with Crippen LogP contribution in [-0.2, 0) is 30.5 Å². The second-order valence-corrected chi connectivity index (χ2v) is 11.5. The Morgan fingerprint density at radius 3 is 1.24 bits per heavy atom. The molecule has 2 aromatic carbocycles. The maximum Gasteiger partial charge on any atom is 0.513 e. The quantitative estimate of drug-likeness (QED) is 0.197. The first-order valence-corrected chi connectivity index (χ1v) is 13.8. The van der Waals surface area contributed by atoms with Crippen LogP contribution in [0.15, 0.2) is 24.3 Å². The molecule has 2 aliphatic rings. The van der Waals surface area contributed by atoms with E-state index in [0.717, 1.165) is 22.3 Å². The monoisotopic (exact) mass is 570 g/mol. The van der Waals surface area contributed by atoms with Crippen LogP contribution < -0.4 is 18.9 Å². The first-order valence-electron chi connectivity index (χ1n) is 13.8. The molecular formula is C31H38O10. The lowest BCUT2D eigenvalue weighted by Gasteiger charge is -2.30. The van der Waals surface area contributed by atoms with Crippen LogP contribution >= 0.6 is 0 Å². The summed E-state index contributed by atoms with van der Waals surface area (Å²) in [5.41, 5.74) is 2.66. The summed E-state index contributed by atoms with van der Waals surface area (Å²) in [5.74, 6) is 0.760. The zero-order valence-corrected chi connectivity index (χ0v) is 24.9. The van der Waals surface area contributed by atoms with Gasteiger partial charge in [0.15, 0.2) is 23.0 Å². The second kappa shape index (κ2) is 11.1. The number of methoxy groups -OCH3 is 1. The van der Waals surface area contributed by atoms with Crippen molar-refractivity contribution in [1.29, 1.82) is 0 Å². The van der Waals surface area contributed by atoms with Crippen LogP contribution in [0.4, 0.5) is 14.4 Å². The van der Waals surface area contributed by atoms with Gasteiger partial charge in [-0.2, -0.15) is 0 Å². The van der Waals surface area contributed by atoms with E-state index in [1.165, 1.54) is 7.11 Å². The first kappa shape index (κ1) is 30.0. The van der Waals surface area contributed by atoms with Crippen LogP contribution in [0.25, 0.3) is 0 Å². The zero-order valence-electron chi connectivity index (χ0n) is 24.9. The lowest BCUT2D eigenvalue weighted by Crippen LogP contribution is -2.27. The van der Waals surface area contributed by atoms with Gasteiger partial charge >= 0.3 is 18.5 Å². The van der Waals surface area contributed by atoms with Gasteiger partial charge in [0.1, 0.15) is 0 Å². The Labute approximate surface area is 240 Å². The van der Waals surface area contributed by atoms with Crippen LogP contribution in [0, 0.1) is 0 Å². The van der Waals surface area contributed by atoms with Crippen molar-refractivity contribution >= 4 is 18.5 Å². The normalized spacial score (nSPS) is 19.1. The van der Waals surface area contributed by atoms with E-state index in [4.69, 9.17) is 33.2 Å². The molecule has 0 saturated carbocycles. The smallest absolute Gasteiger partial charge is 0.493 e. The first-order chi connectivity index (χ1) is 19.3. The fraction of sp³-hybridized carbons (Fsp3) is 0.516. The van der Waals surface area contributed by atoms with Gasteiger partial charge in [-0.25, -0.2) is 14.4 Å². The van der Waals surface area contributed by atoms with Crippen LogP contribution in [0.1, 0.15) is 83.6 Å². The van der Waals surface area contributed by atoms with E-state index < -0.39 is 23.9 Å². The Hall–Kier alpha value is -3.95. The summed E-state index contributed by atoms with van der Waals surface area (Å²) >= 11 is 0. The van der Waals surface area contributed by atoms with Crippen molar-refractivity contribution in [2.75, 3.05) is 26.9 Å². The summed E-state index contributed by atoms with van der Waals surface area (Å²) in [6.45, 7) is 14.0. The van der Waals surface area contributed by atoms with Gasteiger partial charge in [-0.15, -0.1) is 0 Å². The van der Waals surface area contributed by atoms with Crippen molar-refractivity contribution in [1.82, 2.24) is 0 Å². The summed E-state index contributed by atoms with van der Waals surface area (Å²) in [7, 11) is 1.52. The molecular weight excluding hydrogens is 532 g/mol. The number of carbonyl (C=O) groups excluding carboxylic acids is 3. The largest absolute Gasteiger partial charge is 0.513 e. The van der Waals surface area contributed by atoms with Crippen LogP contribution in [0.5, 0.6) is 23.0 Å². The van der Waals surface area contributed by atoms with Gasteiger partial charge in [0.05, 0.1) is 26.9 Å². The Balaban J connectivity index is 1.93. The number of hydrogen-bond donors (Lipinski definition) is 0. The van der Waals surface area contributed by atoms with Crippen molar-refractivity contribution in [3.05, 3.63) is 46.5 Å². The molecule has 41 heavy (non-hydrogen) atoms. The Morgan fingerprint density at radius 2 is 0.902 bits per heavy atom. The summed E-state index contributed by atoms with van der Waals surface area (Å²) in [6, 6.07) is 7.24. The minimum atomic E-state index is -0.922. The highest BCUT2D eigenvalue weighted by atomic mass is 16.7. The van der Waals surface area contributed by atoms with Crippen LogP contribution in [-0.4, -0.2) is 45.4 Å². The lowest BCUT2D eigenvalue weighted by molar-refractivity contribution is 0.0939. The number of carbonyl (C=O) groups is 3. The third kappa shape index (κ3) is 5.52. The van der Waals surface area contributed by atoms with Crippen molar-refractivity contribution in [2.45, 2.75) is 77.6 Å². The van der Waals surface area contributed by atoms with E-state index in [1.54, 1.807) is 32.9 Å². The highest BCUT2D eigenvalue weighted by Crippen LogP contribution is 2.64. The predicted octanol–water partition coefficient (Wildman–Crippen LogP) is 6.95. The third-order valence-corrected chi connectivity index (χ3v) is 7.73. The number of rotatable bonds is 7. The molecule has 2 aromatic rings. The molecule has 222 valence electrons. The van der Waals surface area contributed by atoms with E-state index in [0.29, 0.717) is 18.6 Å². The molecule has 2 aliphatic carbocycles. The maximum absolute atomic E-state index is 12.4. The fourth-order valence-corrected chi connectivity index (χ4v) is 6.43. The molecule has 4 rings (SSSR count). The molecule has 0 saturated heterocycles. The molecule has 0 amide bonds. The molecule has 0 aliphatic heterocycles. The summed E-state index contributed by atoms with van der Waals surface area (Å²) < 4.78 is 37.2. The molecule has 0 heterocycles. The highest BCUT2D eigenvalue weighted by molar-refractivity contribution is 5.73. The van der Waals surface area contributed by atoms with E-state index in [9.17, 15) is 14.4 Å². The number of fused-ring (bicyclic) bond motifs is 4. The molecule has 1 unspecified atom stereocenters. The standard InChI is InChI=1S/C31H38O10/c1-9-36-26(32)39-23-14-20-18(12-22(23)35-8)29(4,5)16-31(20)17-30(6,7)19-13-24(40-27(33)37-10-2)25(15-21(19)31)41-28(34)38-11-3/h12-15H,9-11,16-17H2,1-8H3. The van der Waals surface area contributed by atoms with E-state index in [-0.39, 0.29) is 47.9 Å². The summed E-state index contributed by atoms with van der Waals surface area (Å²) in [5, 5.41) is 0. The van der Waals surface area contributed by atoms with Crippen LogP contribution in [0.3, 0.4) is 0 Å². The zero-order chi connectivity index (χ0) is 30.2. The SMILES string of the molecule is CCOC(=O)Oc1cc2c(cc1OC)C(C)(C)CC21CC(C)(C)c2cc(OC(=O)OCC)c(OC(=O)OCC)cc21. The average Bonchev–Trinajstić information content (AvgIpc) is 3.23. The summed E-state index contributed by atoms with van der Waals surface area (Å²) in [6.07, 6.45) is -1.25. The molecule has 10 heteroatoms. The van der Waals surface area contributed by atoms with Gasteiger partial charge in [0.25, 0.3) is 0 Å². The third-order valence-electron chi connectivity index (χ3n) is 7.73. The molecule has 0 aromatic heterocycles. The van der Waals surface area contributed by atoms with Gasteiger partial charge in [-0.3, -0.25) is 0 Å². The van der Waals surface area contributed by atoms with Gasteiger partial charge in [0.2, 0.25) is 0 Å². The Morgan fingerprint density at radius 1 is 0.585 bits per heavy atom. The van der Waals surface area contributed by atoms with Crippen molar-refractivity contribution in [3.63, 3.8) is 0 Å². The molecule has 1 atom stereocenters. The summed E-state index contributed by atoms with van der Waals surface area (Å²) in [4.78, 5) is 37.0. The lowest BCUT2D eigenvalue weighted by atomic mass is 9.72. The van der Waals surface area contributed by atoms with Crippen molar-refractivity contribution in [3.8, 4) is 23.0 Å². The topological polar surface area (TPSA) is 116 Å². The molecule has 0 radical (unpaired) electrons. The van der Waals surface area contributed by atoms with Gasteiger partial charge in [-0.1, -0.05) is 27.7 Å². The minimum absolute atomic E-state index is 0.0371. The molecule has 0 N–H and O–H groups in total. The average molecular weight is 571 g/mol. The van der Waals surface area contributed by atoms with E-state index >= 15 is 0 Å². The Bertz CT molecular complexity index is 1360.